The van der Waals surface area contributed by atoms with Crippen molar-refractivity contribution in [2.45, 2.75) is 53.6 Å². The fourth-order valence-electron chi connectivity index (χ4n) is 2.09. The van der Waals surface area contributed by atoms with Crippen molar-refractivity contribution in [2.75, 3.05) is 0 Å². The number of aryl methyl sites for hydroxylation is 2. The third-order valence-corrected chi connectivity index (χ3v) is 3.15. The van der Waals surface area contributed by atoms with Gasteiger partial charge < -0.3 is 0 Å². The highest BCUT2D eigenvalue weighted by Crippen LogP contribution is 2.40. The number of alkyl halides is 3. The van der Waals surface area contributed by atoms with Crippen LogP contribution in [0.3, 0.4) is 0 Å². The van der Waals surface area contributed by atoms with Crippen LogP contribution in [0, 0.1) is 13.8 Å². The first kappa shape index (κ1) is 21.2. The van der Waals surface area contributed by atoms with Crippen LogP contribution in [-0.4, -0.2) is 6.18 Å². The van der Waals surface area contributed by atoms with Gasteiger partial charge in [0, 0.05) is 0 Å². The summed E-state index contributed by atoms with van der Waals surface area (Å²) in [6, 6.07) is 13.0. The van der Waals surface area contributed by atoms with Gasteiger partial charge in [0.2, 0.25) is 0 Å². The predicted molar refractivity (Wildman–Crippen MR) is 93.0 cm³/mol. The van der Waals surface area contributed by atoms with E-state index in [1.807, 2.05) is 41.5 Å². The molecular weight excluding hydrogens is 297 g/mol. The second-order valence-corrected chi connectivity index (χ2v) is 4.80. The molecule has 0 bridgehead atoms. The van der Waals surface area contributed by atoms with E-state index in [9.17, 15) is 13.2 Å². The Hall–Kier alpha value is -1.77. The van der Waals surface area contributed by atoms with Crippen LogP contribution in [0.25, 0.3) is 0 Å². The summed E-state index contributed by atoms with van der Waals surface area (Å²) in [5.41, 5.74) is 2.46. The highest BCUT2D eigenvalue weighted by atomic mass is 19.4. The first-order valence-corrected chi connectivity index (χ1v) is 8.08. The van der Waals surface area contributed by atoms with Crippen molar-refractivity contribution in [3.8, 4) is 0 Å². The lowest BCUT2D eigenvalue weighted by Crippen LogP contribution is -2.22. The maximum atomic E-state index is 13.3. The van der Waals surface area contributed by atoms with Gasteiger partial charge in [0.15, 0.2) is 0 Å². The fourth-order valence-corrected chi connectivity index (χ4v) is 2.09. The molecule has 2 aromatic carbocycles. The second-order valence-electron chi connectivity index (χ2n) is 4.80. The van der Waals surface area contributed by atoms with Crippen LogP contribution in [0.1, 0.15) is 55.9 Å². The number of benzene rings is 2. The van der Waals surface area contributed by atoms with Gasteiger partial charge in [0.05, 0.1) is 0 Å². The highest BCUT2D eigenvalue weighted by Gasteiger charge is 2.41. The number of rotatable bonds is 2. The molecule has 0 unspecified atom stereocenters. The molecule has 128 valence electrons. The minimum Gasteiger partial charge on any atom is -0.170 e. The average Bonchev–Trinajstić information content (AvgIpc) is 2.54. The van der Waals surface area contributed by atoms with Crippen molar-refractivity contribution in [3.63, 3.8) is 0 Å². The molecule has 0 heterocycles. The first-order chi connectivity index (χ1) is 10.9. The molecule has 0 aromatic heterocycles. The molecule has 2 rings (SSSR count). The molecule has 3 heteroatoms. The summed E-state index contributed by atoms with van der Waals surface area (Å²) in [6.45, 7) is 11.7. The van der Waals surface area contributed by atoms with E-state index in [0.717, 1.165) is 11.1 Å². The fraction of sp³-hybridized carbons (Fsp3) is 0.400. The lowest BCUT2D eigenvalue weighted by molar-refractivity contribution is -0.141. The normalized spacial score (nSPS) is 10.3. The Morgan fingerprint density at radius 3 is 1.09 bits per heavy atom. The van der Waals surface area contributed by atoms with Gasteiger partial charge in [-0.25, -0.2) is 0 Å². The van der Waals surface area contributed by atoms with Crippen molar-refractivity contribution in [3.05, 3.63) is 70.8 Å². The third-order valence-electron chi connectivity index (χ3n) is 3.15. The van der Waals surface area contributed by atoms with Gasteiger partial charge in [-0.2, -0.15) is 13.2 Å². The van der Waals surface area contributed by atoms with Gasteiger partial charge in [0.1, 0.15) is 5.92 Å². The van der Waals surface area contributed by atoms with Crippen LogP contribution in [0.4, 0.5) is 13.2 Å². The molecule has 2 aromatic rings. The van der Waals surface area contributed by atoms with Crippen molar-refractivity contribution < 1.29 is 13.2 Å². The Morgan fingerprint density at radius 2 is 0.870 bits per heavy atom. The quantitative estimate of drug-likeness (QED) is 0.555. The van der Waals surface area contributed by atoms with Crippen LogP contribution in [0.15, 0.2) is 48.5 Å². The average molecular weight is 324 g/mol. The van der Waals surface area contributed by atoms with Crippen LogP contribution in [0.2, 0.25) is 0 Å². The molecular formula is C20H27F3. The van der Waals surface area contributed by atoms with Crippen LogP contribution < -0.4 is 0 Å². The predicted octanol–water partition coefficient (Wildman–Crippen LogP) is 7.05. The van der Waals surface area contributed by atoms with E-state index in [1.165, 1.54) is 0 Å². The smallest absolute Gasteiger partial charge is 0.170 e. The third kappa shape index (κ3) is 6.47. The molecule has 0 aliphatic rings. The molecule has 0 spiro atoms. The standard InChI is InChI=1S/C16H15F3.2C2H6/c1-11-3-7-13(8-4-11)15(16(17,18)19)14-9-5-12(2)6-10-14;2*1-2/h3-10,15H,1-2H3;2*1-2H3. The Bertz CT molecular complexity index is 491. The maximum absolute atomic E-state index is 13.3. The van der Waals surface area contributed by atoms with Gasteiger partial charge in [-0.1, -0.05) is 87.4 Å². The van der Waals surface area contributed by atoms with Gasteiger partial charge in [-0.15, -0.1) is 0 Å². The lowest BCUT2D eigenvalue weighted by atomic mass is 9.90. The molecule has 0 N–H and O–H groups in total. The summed E-state index contributed by atoms with van der Waals surface area (Å²) in [6.07, 6.45) is -4.29. The first-order valence-electron chi connectivity index (χ1n) is 8.08. The van der Waals surface area contributed by atoms with E-state index in [0.29, 0.717) is 0 Å². The maximum Gasteiger partial charge on any atom is 0.399 e. The van der Waals surface area contributed by atoms with Crippen molar-refractivity contribution in [2.24, 2.45) is 0 Å². The van der Waals surface area contributed by atoms with Crippen molar-refractivity contribution in [1.29, 1.82) is 0 Å². The van der Waals surface area contributed by atoms with Gasteiger partial charge >= 0.3 is 6.18 Å². The summed E-state index contributed by atoms with van der Waals surface area (Å²) >= 11 is 0. The molecule has 0 fully saturated rings. The van der Waals surface area contributed by atoms with Crippen LogP contribution >= 0.6 is 0 Å². The van der Waals surface area contributed by atoms with E-state index < -0.39 is 12.1 Å². The van der Waals surface area contributed by atoms with E-state index in [2.05, 4.69) is 0 Å². The van der Waals surface area contributed by atoms with E-state index in [4.69, 9.17) is 0 Å². The van der Waals surface area contributed by atoms with Crippen LogP contribution in [-0.2, 0) is 0 Å². The van der Waals surface area contributed by atoms with Crippen molar-refractivity contribution in [1.82, 2.24) is 0 Å². The number of hydrogen-bond donors (Lipinski definition) is 0. The molecule has 0 saturated carbocycles. The Morgan fingerprint density at radius 1 is 0.609 bits per heavy atom. The zero-order valence-corrected chi connectivity index (χ0v) is 14.8. The summed E-state index contributed by atoms with van der Waals surface area (Å²) in [7, 11) is 0. The summed E-state index contributed by atoms with van der Waals surface area (Å²) in [5.74, 6) is -1.56. The Labute approximate surface area is 138 Å². The van der Waals surface area contributed by atoms with Gasteiger partial charge in [-0.3, -0.25) is 0 Å². The molecule has 0 atom stereocenters. The zero-order valence-electron chi connectivity index (χ0n) is 14.8. The topological polar surface area (TPSA) is 0 Å². The second kappa shape index (κ2) is 10.1. The van der Waals surface area contributed by atoms with Crippen molar-refractivity contribution >= 4 is 0 Å². The van der Waals surface area contributed by atoms with Crippen LogP contribution in [0.5, 0.6) is 0 Å². The zero-order chi connectivity index (χ0) is 18.0. The largest absolute Gasteiger partial charge is 0.399 e. The van der Waals surface area contributed by atoms with E-state index in [1.54, 1.807) is 48.5 Å². The molecule has 0 nitrogen and oxygen atoms in total. The monoisotopic (exact) mass is 324 g/mol. The summed E-state index contributed by atoms with van der Waals surface area (Å²) < 4.78 is 39.9. The lowest BCUT2D eigenvalue weighted by Gasteiger charge is -2.21. The summed E-state index contributed by atoms with van der Waals surface area (Å²) in [5, 5.41) is 0. The van der Waals surface area contributed by atoms with E-state index >= 15 is 0 Å². The minimum absolute atomic E-state index is 0.280. The molecule has 23 heavy (non-hydrogen) atoms. The Balaban J connectivity index is 0.00000112. The number of halogens is 3. The minimum atomic E-state index is -4.29. The Kier molecular flexibility index (Phi) is 9.31. The van der Waals surface area contributed by atoms with Gasteiger partial charge in [0.25, 0.3) is 0 Å². The molecule has 0 saturated heterocycles. The number of hydrogen-bond acceptors (Lipinski definition) is 0. The molecule has 0 aliphatic carbocycles. The molecule has 0 radical (unpaired) electrons. The van der Waals surface area contributed by atoms with E-state index in [-0.39, 0.29) is 11.1 Å². The SMILES string of the molecule is CC.CC.Cc1ccc(C(c2ccc(C)cc2)C(F)(F)F)cc1. The molecule has 0 aliphatic heterocycles. The summed E-state index contributed by atoms with van der Waals surface area (Å²) in [4.78, 5) is 0. The van der Waals surface area contributed by atoms with Gasteiger partial charge in [-0.05, 0) is 25.0 Å². The highest BCUT2D eigenvalue weighted by molar-refractivity contribution is 5.36. The molecule has 0 amide bonds.